The molecule has 0 radical (unpaired) electrons. The highest BCUT2D eigenvalue weighted by Gasteiger charge is 2.38. The third-order valence-electron chi connectivity index (χ3n) is 3.03. The van der Waals surface area contributed by atoms with Crippen molar-refractivity contribution in [3.8, 4) is 0 Å². The average molecular weight is 259 g/mol. The van der Waals surface area contributed by atoms with Crippen molar-refractivity contribution in [1.82, 2.24) is 15.5 Å². The van der Waals surface area contributed by atoms with E-state index in [2.05, 4.69) is 15.5 Å². The average Bonchev–Trinajstić information content (AvgIpc) is 2.90. The van der Waals surface area contributed by atoms with Gasteiger partial charge in [-0.05, 0) is 26.7 Å². The molecule has 1 aliphatic rings. The van der Waals surface area contributed by atoms with Crippen molar-refractivity contribution in [2.45, 2.75) is 44.0 Å². The van der Waals surface area contributed by atoms with E-state index >= 15 is 0 Å². The van der Waals surface area contributed by atoms with Gasteiger partial charge >= 0.3 is 0 Å². The van der Waals surface area contributed by atoms with Crippen LogP contribution in [-0.4, -0.2) is 30.9 Å². The summed E-state index contributed by atoms with van der Waals surface area (Å²) >= 11 is 0. The lowest BCUT2D eigenvalue weighted by molar-refractivity contribution is 0.395. The summed E-state index contributed by atoms with van der Waals surface area (Å²) in [6.07, 6.45) is 3.52. The van der Waals surface area contributed by atoms with Gasteiger partial charge in [0.1, 0.15) is 4.75 Å². The smallest absolute Gasteiger partial charge is 0.237 e. The Morgan fingerprint density at radius 3 is 2.59 bits per heavy atom. The van der Waals surface area contributed by atoms with Crippen LogP contribution in [-0.2, 0) is 21.1 Å². The van der Waals surface area contributed by atoms with Gasteiger partial charge in [0.25, 0.3) is 0 Å². The predicted molar refractivity (Wildman–Crippen MR) is 62.0 cm³/mol. The number of nitrogens with zero attached hydrogens (tertiary/aromatic N) is 2. The Morgan fingerprint density at radius 2 is 2.06 bits per heavy atom. The molecule has 0 saturated heterocycles. The maximum absolute atomic E-state index is 11.6. The Kier molecular flexibility index (Phi) is 2.99. The minimum Gasteiger partial charge on any atom is -0.422 e. The highest BCUT2D eigenvalue weighted by atomic mass is 32.2. The molecule has 1 aromatic rings. The molecule has 1 heterocycles. The topological polar surface area (TPSA) is 85.1 Å². The summed E-state index contributed by atoms with van der Waals surface area (Å²) < 4.78 is 27.4. The summed E-state index contributed by atoms with van der Waals surface area (Å²) in [6, 6.07) is 0.549. The molecule has 17 heavy (non-hydrogen) atoms. The summed E-state index contributed by atoms with van der Waals surface area (Å²) in [4.78, 5) is 0. The SMILES string of the molecule is CC(C)(c1nnc(CNC2CC2)o1)S(C)(=O)=O. The monoisotopic (exact) mass is 259 g/mol. The van der Waals surface area contributed by atoms with E-state index in [0.29, 0.717) is 18.5 Å². The molecule has 6 nitrogen and oxygen atoms in total. The zero-order valence-electron chi connectivity index (χ0n) is 10.2. The molecule has 1 saturated carbocycles. The van der Waals surface area contributed by atoms with Crippen molar-refractivity contribution in [2.24, 2.45) is 0 Å². The van der Waals surface area contributed by atoms with Gasteiger partial charge in [-0.25, -0.2) is 8.42 Å². The second-order valence-electron chi connectivity index (χ2n) is 4.94. The van der Waals surface area contributed by atoms with Gasteiger partial charge in [0, 0.05) is 12.3 Å². The number of hydrogen-bond acceptors (Lipinski definition) is 6. The van der Waals surface area contributed by atoms with Crippen molar-refractivity contribution in [1.29, 1.82) is 0 Å². The number of nitrogens with one attached hydrogen (secondary N) is 1. The molecule has 1 aliphatic carbocycles. The quantitative estimate of drug-likeness (QED) is 0.833. The Morgan fingerprint density at radius 1 is 1.41 bits per heavy atom. The number of aromatic nitrogens is 2. The van der Waals surface area contributed by atoms with Gasteiger partial charge in [-0.15, -0.1) is 10.2 Å². The molecular formula is C10H17N3O3S. The first-order valence-electron chi connectivity index (χ1n) is 5.56. The van der Waals surface area contributed by atoms with Crippen LogP contribution in [0.5, 0.6) is 0 Å². The summed E-state index contributed by atoms with van der Waals surface area (Å²) in [5, 5.41) is 10.9. The molecule has 1 N–H and O–H groups in total. The van der Waals surface area contributed by atoms with E-state index in [1.54, 1.807) is 13.8 Å². The van der Waals surface area contributed by atoms with Crippen LogP contribution in [0.25, 0.3) is 0 Å². The predicted octanol–water partition coefficient (Wildman–Crippen LogP) is 0.601. The van der Waals surface area contributed by atoms with Gasteiger partial charge in [0.15, 0.2) is 9.84 Å². The summed E-state index contributed by atoms with van der Waals surface area (Å²) in [5.41, 5.74) is 0. The summed E-state index contributed by atoms with van der Waals surface area (Å²) in [5.74, 6) is 0.580. The van der Waals surface area contributed by atoms with Gasteiger partial charge in [-0.1, -0.05) is 0 Å². The molecule has 0 aromatic carbocycles. The molecular weight excluding hydrogens is 242 g/mol. The van der Waals surface area contributed by atoms with Gasteiger partial charge in [0.2, 0.25) is 11.8 Å². The van der Waals surface area contributed by atoms with Crippen LogP contribution < -0.4 is 5.32 Å². The molecule has 0 unspecified atom stereocenters. The first-order chi connectivity index (χ1) is 7.80. The van der Waals surface area contributed by atoms with Crippen LogP contribution in [0.1, 0.15) is 38.5 Å². The number of rotatable bonds is 5. The fraction of sp³-hybridized carbons (Fsp3) is 0.800. The van der Waals surface area contributed by atoms with E-state index in [1.165, 1.54) is 19.1 Å². The van der Waals surface area contributed by atoms with Crippen LogP contribution in [0.4, 0.5) is 0 Å². The van der Waals surface area contributed by atoms with E-state index in [4.69, 9.17) is 4.42 Å². The van der Waals surface area contributed by atoms with Gasteiger partial charge in [0.05, 0.1) is 6.54 Å². The van der Waals surface area contributed by atoms with E-state index in [1.807, 2.05) is 0 Å². The highest BCUT2D eigenvalue weighted by molar-refractivity contribution is 7.91. The van der Waals surface area contributed by atoms with Crippen molar-refractivity contribution >= 4 is 9.84 Å². The van der Waals surface area contributed by atoms with Crippen LogP contribution in [0.2, 0.25) is 0 Å². The zero-order valence-corrected chi connectivity index (χ0v) is 11.0. The van der Waals surface area contributed by atoms with Crippen molar-refractivity contribution in [3.05, 3.63) is 11.8 Å². The second-order valence-corrected chi connectivity index (χ2v) is 7.50. The fourth-order valence-corrected chi connectivity index (χ4v) is 1.65. The van der Waals surface area contributed by atoms with Crippen LogP contribution in [0, 0.1) is 0 Å². The van der Waals surface area contributed by atoms with E-state index in [-0.39, 0.29) is 5.89 Å². The molecule has 1 aromatic heterocycles. The van der Waals surface area contributed by atoms with Crippen LogP contribution in [0.15, 0.2) is 4.42 Å². The summed E-state index contributed by atoms with van der Waals surface area (Å²) in [7, 11) is -3.28. The van der Waals surface area contributed by atoms with E-state index in [9.17, 15) is 8.42 Å². The second kappa shape index (κ2) is 4.06. The molecule has 0 amide bonds. The Balaban J connectivity index is 2.11. The summed E-state index contributed by atoms with van der Waals surface area (Å²) in [6.45, 7) is 3.62. The lowest BCUT2D eigenvalue weighted by atomic mass is 10.2. The molecule has 0 atom stereocenters. The normalized spacial score (nSPS) is 17.4. The van der Waals surface area contributed by atoms with Crippen LogP contribution >= 0.6 is 0 Å². The van der Waals surface area contributed by atoms with Crippen molar-refractivity contribution in [2.75, 3.05) is 6.26 Å². The molecule has 2 rings (SSSR count). The number of hydrogen-bond donors (Lipinski definition) is 1. The lowest BCUT2D eigenvalue weighted by Gasteiger charge is -2.16. The van der Waals surface area contributed by atoms with Gasteiger partial charge in [-0.3, -0.25) is 0 Å². The first kappa shape index (κ1) is 12.5. The third kappa shape index (κ3) is 2.66. The third-order valence-corrected chi connectivity index (χ3v) is 5.06. The maximum atomic E-state index is 11.6. The lowest BCUT2D eigenvalue weighted by Crippen LogP contribution is -2.28. The first-order valence-corrected chi connectivity index (χ1v) is 7.45. The standard InChI is InChI=1S/C10H17N3O3S/c1-10(2,17(3,14)15)9-13-12-8(16-9)6-11-7-4-5-7/h7,11H,4-6H2,1-3H3. The van der Waals surface area contributed by atoms with E-state index < -0.39 is 14.6 Å². The molecule has 0 bridgehead atoms. The Hall–Kier alpha value is -0.950. The minimum absolute atomic E-state index is 0.146. The van der Waals surface area contributed by atoms with Crippen molar-refractivity contribution in [3.63, 3.8) is 0 Å². The highest BCUT2D eigenvalue weighted by Crippen LogP contribution is 2.27. The Bertz CT molecular complexity index is 503. The van der Waals surface area contributed by atoms with Gasteiger partial charge < -0.3 is 9.73 Å². The molecule has 0 aliphatic heterocycles. The van der Waals surface area contributed by atoms with E-state index in [0.717, 1.165) is 0 Å². The minimum atomic E-state index is -3.28. The molecule has 7 heteroatoms. The molecule has 1 fully saturated rings. The number of sulfone groups is 1. The Labute approximate surface area is 101 Å². The zero-order chi connectivity index (χ0) is 12.7. The van der Waals surface area contributed by atoms with Gasteiger partial charge in [-0.2, -0.15) is 0 Å². The van der Waals surface area contributed by atoms with Crippen molar-refractivity contribution < 1.29 is 12.8 Å². The molecule has 0 spiro atoms. The maximum Gasteiger partial charge on any atom is 0.237 e. The fourth-order valence-electron chi connectivity index (χ4n) is 1.25. The van der Waals surface area contributed by atoms with Crippen LogP contribution in [0.3, 0.4) is 0 Å². The largest absolute Gasteiger partial charge is 0.422 e. The molecule has 96 valence electrons.